The van der Waals surface area contributed by atoms with E-state index in [-0.39, 0.29) is 29.1 Å². The van der Waals surface area contributed by atoms with E-state index in [2.05, 4.69) is 9.72 Å². The SMILES string of the molecule is FC(F)C(F)(F)COCCOc1cnc(Cl)c(Cl)c1. The molecule has 0 atom stereocenters. The van der Waals surface area contributed by atoms with Gasteiger partial charge in [0.15, 0.2) is 0 Å². The van der Waals surface area contributed by atoms with Crippen molar-refractivity contribution in [2.45, 2.75) is 12.3 Å². The molecule has 0 aliphatic carbocycles. The molecule has 0 aromatic carbocycles. The van der Waals surface area contributed by atoms with Crippen LogP contribution in [0.2, 0.25) is 10.2 Å². The van der Waals surface area contributed by atoms with E-state index in [0.29, 0.717) is 0 Å². The van der Waals surface area contributed by atoms with Gasteiger partial charge in [0.1, 0.15) is 24.1 Å². The Morgan fingerprint density at radius 2 is 1.95 bits per heavy atom. The molecule has 0 spiro atoms. The van der Waals surface area contributed by atoms with Crippen molar-refractivity contribution in [2.75, 3.05) is 19.8 Å². The quantitative estimate of drug-likeness (QED) is 0.436. The molecule has 0 bridgehead atoms. The summed E-state index contributed by atoms with van der Waals surface area (Å²) in [6.45, 7) is -1.75. The van der Waals surface area contributed by atoms with Gasteiger partial charge in [0.2, 0.25) is 0 Å². The average Bonchev–Trinajstić information content (AvgIpc) is 2.33. The molecule has 19 heavy (non-hydrogen) atoms. The van der Waals surface area contributed by atoms with E-state index in [9.17, 15) is 17.6 Å². The fourth-order valence-corrected chi connectivity index (χ4v) is 1.23. The Labute approximate surface area is 116 Å². The van der Waals surface area contributed by atoms with E-state index in [0.717, 1.165) is 0 Å². The zero-order valence-electron chi connectivity index (χ0n) is 9.38. The minimum Gasteiger partial charge on any atom is -0.490 e. The molecule has 0 saturated carbocycles. The number of halogens is 6. The van der Waals surface area contributed by atoms with Crippen LogP contribution in [0.1, 0.15) is 0 Å². The number of aromatic nitrogens is 1. The van der Waals surface area contributed by atoms with Crippen LogP contribution in [0.15, 0.2) is 12.3 Å². The van der Waals surface area contributed by atoms with E-state index < -0.39 is 19.0 Å². The highest BCUT2D eigenvalue weighted by molar-refractivity contribution is 6.41. The Morgan fingerprint density at radius 3 is 2.53 bits per heavy atom. The minimum atomic E-state index is -4.16. The monoisotopic (exact) mass is 321 g/mol. The molecule has 0 aliphatic heterocycles. The third-order valence-electron chi connectivity index (χ3n) is 1.88. The highest BCUT2D eigenvalue weighted by Crippen LogP contribution is 2.24. The van der Waals surface area contributed by atoms with Gasteiger partial charge in [0, 0.05) is 6.07 Å². The molecule has 1 rings (SSSR count). The number of nitrogens with zero attached hydrogens (tertiary/aromatic N) is 1. The van der Waals surface area contributed by atoms with E-state index in [1.165, 1.54) is 12.3 Å². The predicted molar refractivity (Wildman–Crippen MR) is 61.5 cm³/mol. The summed E-state index contributed by atoms with van der Waals surface area (Å²) in [4.78, 5) is 3.69. The van der Waals surface area contributed by atoms with Crippen LogP contribution in [0.3, 0.4) is 0 Å². The van der Waals surface area contributed by atoms with Crippen LogP contribution >= 0.6 is 23.2 Å². The lowest BCUT2D eigenvalue weighted by molar-refractivity contribution is -0.166. The third-order valence-corrected chi connectivity index (χ3v) is 2.57. The van der Waals surface area contributed by atoms with E-state index >= 15 is 0 Å². The van der Waals surface area contributed by atoms with Gasteiger partial charge in [0.05, 0.1) is 17.8 Å². The molecule has 9 heteroatoms. The summed E-state index contributed by atoms with van der Waals surface area (Å²) < 4.78 is 57.9. The molecule has 108 valence electrons. The maximum Gasteiger partial charge on any atom is 0.330 e. The molecule has 0 N–H and O–H groups in total. The molecule has 0 fully saturated rings. The molecule has 0 radical (unpaired) electrons. The van der Waals surface area contributed by atoms with Crippen molar-refractivity contribution in [3.8, 4) is 5.75 Å². The van der Waals surface area contributed by atoms with Crippen LogP contribution in [0.5, 0.6) is 5.75 Å². The largest absolute Gasteiger partial charge is 0.490 e. The fraction of sp³-hybridized carbons (Fsp3) is 0.500. The predicted octanol–water partition coefficient (Wildman–Crippen LogP) is 3.68. The number of hydrogen-bond donors (Lipinski definition) is 0. The van der Waals surface area contributed by atoms with Crippen molar-refractivity contribution in [3.63, 3.8) is 0 Å². The number of rotatable bonds is 7. The third kappa shape index (κ3) is 5.38. The van der Waals surface area contributed by atoms with Crippen LogP contribution in [-0.2, 0) is 4.74 Å². The summed E-state index contributed by atoms with van der Waals surface area (Å²) >= 11 is 11.2. The first-order chi connectivity index (χ1) is 8.83. The van der Waals surface area contributed by atoms with Gasteiger partial charge in [-0.1, -0.05) is 23.2 Å². The summed E-state index contributed by atoms with van der Waals surface area (Å²) in [5, 5.41) is 0.270. The maximum absolute atomic E-state index is 12.4. The van der Waals surface area contributed by atoms with Crippen molar-refractivity contribution in [3.05, 3.63) is 22.4 Å². The van der Waals surface area contributed by atoms with Gasteiger partial charge in [-0.05, 0) is 0 Å². The van der Waals surface area contributed by atoms with Crippen LogP contribution in [0.25, 0.3) is 0 Å². The molecule has 0 aliphatic rings. The lowest BCUT2D eigenvalue weighted by Gasteiger charge is -2.15. The summed E-state index contributed by atoms with van der Waals surface area (Å²) in [7, 11) is 0. The number of ether oxygens (including phenoxy) is 2. The normalized spacial score (nSPS) is 11.9. The highest BCUT2D eigenvalue weighted by atomic mass is 35.5. The standard InChI is InChI=1S/C10H9Cl2F4NO2/c11-7-3-6(4-17-8(7)12)19-2-1-18-5-10(15,16)9(13)14/h3-4,9H,1-2,5H2. The average molecular weight is 322 g/mol. The lowest BCUT2D eigenvalue weighted by atomic mass is 10.4. The van der Waals surface area contributed by atoms with Gasteiger partial charge >= 0.3 is 12.3 Å². The molecule has 0 amide bonds. The van der Waals surface area contributed by atoms with Gasteiger partial charge < -0.3 is 9.47 Å². The first-order valence-electron chi connectivity index (χ1n) is 5.00. The molecule has 0 unspecified atom stereocenters. The van der Waals surface area contributed by atoms with Crippen molar-refractivity contribution in [2.24, 2.45) is 0 Å². The number of hydrogen-bond acceptors (Lipinski definition) is 3. The topological polar surface area (TPSA) is 31.4 Å². The zero-order chi connectivity index (χ0) is 14.5. The van der Waals surface area contributed by atoms with Gasteiger partial charge in [-0.3, -0.25) is 0 Å². The number of alkyl halides is 4. The summed E-state index contributed by atoms with van der Waals surface area (Å²) in [6.07, 6.45) is -2.48. The molecule has 0 saturated heterocycles. The fourth-order valence-electron chi connectivity index (χ4n) is 0.972. The first-order valence-corrected chi connectivity index (χ1v) is 5.76. The molecule has 3 nitrogen and oxygen atoms in total. The van der Waals surface area contributed by atoms with Crippen molar-refractivity contribution in [1.29, 1.82) is 0 Å². The van der Waals surface area contributed by atoms with Gasteiger partial charge in [-0.25, -0.2) is 13.8 Å². The Hall–Kier alpha value is -0.790. The summed E-state index contributed by atoms with van der Waals surface area (Å²) in [5.41, 5.74) is 0. The second kappa shape index (κ2) is 7.12. The Balaban J connectivity index is 2.26. The Morgan fingerprint density at radius 1 is 1.26 bits per heavy atom. The first kappa shape index (κ1) is 16.3. The van der Waals surface area contributed by atoms with Gasteiger partial charge in [-0.2, -0.15) is 8.78 Å². The Kier molecular flexibility index (Phi) is 6.09. The summed E-state index contributed by atoms with van der Waals surface area (Å²) in [5.74, 6) is -3.90. The smallest absolute Gasteiger partial charge is 0.330 e. The molecular weight excluding hydrogens is 313 g/mol. The second-order valence-corrected chi connectivity index (χ2v) is 4.17. The highest BCUT2D eigenvalue weighted by Gasteiger charge is 2.40. The van der Waals surface area contributed by atoms with Crippen LogP contribution < -0.4 is 4.74 Å². The molecular formula is C10H9Cl2F4NO2. The second-order valence-electron chi connectivity index (χ2n) is 3.41. The van der Waals surface area contributed by atoms with Gasteiger partial charge in [0.25, 0.3) is 0 Å². The van der Waals surface area contributed by atoms with E-state index in [1.807, 2.05) is 0 Å². The molecule has 1 heterocycles. The van der Waals surface area contributed by atoms with E-state index in [4.69, 9.17) is 27.9 Å². The van der Waals surface area contributed by atoms with Crippen LogP contribution in [0, 0.1) is 0 Å². The summed E-state index contributed by atoms with van der Waals surface area (Å²) in [6, 6.07) is 1.38. The van der Waals surface area contributed by atoms with Crippen molar-refractivity contribution < 1.29 is 27.0 Å². The minimum absolute atomic E-state index is 0.0989. The lowest BCUT2D eigenvalue weighted by Crippen LogP contribution is -2.33. The van der Waals surface area contributed by atoms with Crippen molar-refractivity contribution >= 4 is 23.2 Å². The Bertz CT molecular complexity index is 421. The molecule has 1 aromatic rings. The van der Waals surface area contributed by atoms with Crippen LogP contribution in [-0.4, -0.2) is 37.2 Å². The zero-order valence-corrected chi connectivity index (χ0v) is 10.9. The van der Waals surface area contributed by atoms with Gasteiger partial charge in [-0.15, -0.1) is 0 Å². The van der Waals surface area contributed by atoms with Crippen LogP contribution in [0.4, 0.5) is 17.6 Å². The van der Waals surface area contributed by atoms with E-state index in [1.54, 1.807) is 0 Å². The number of pyridine rings is 1. The maximum atomic E-state index is 12.4. The van der Waals surface area contributed by atoms with Crippen molar-refractivity contribution in [1.82, 2.24) is 4.98 Å². The molecule has 1 aromatic heterocycles.